The van der Waals surface area contributed by atoms with Crippen LogP contribution < -0.4 is 4.74 Å². The molecule has 1 saturated heterocycles. The Bertz CT molecular complexity index is 501. The van der Waals surface area contributed by atoms with Crippen molar-refractivity contribution in [2.75, 3.05) is 19.8 Å². The minimum Gasteiger partial charge on any atom is -0.489 e. The van der Waals surface area contributed by atoms with Crippen molar-refractivity contribution in [2.24, 2.45) is 0 Å². The summed E-state index contributed by atoms with van der Waals surface area (Å²) in [5.41, 5.74) is 1.10. The van der Waals surface area contributed by atoms with Gasteiger partial charge in [-0.05, 0) is 32.4 Å². The first-order chi connectivity index (χ1) is 10.8. The highest BCUT2D eigenvalue weighted by atomic mass is 16.5. The predicted octanol–water partition coefficient (Wildman–Crippen LogP) is 3.17. The Morgan fingerprint density at radius 1 is 1.41 bits per heavy atom. The second-order valence-electron chi connectivity index (χ2n) is 5.44. The smallest absolute Gasteiger partial charge is 0.323 e. The van der Waals surface area contributed by atoms with Crippen LogP contribution in [0.15, 0.2) is 36.9 Å². The van der Waals surface area contributed by atoms with Gasteiger partial charge < -0.3 is 9.47 Å². The van der Waals surface area contributed by atoms with Crippen molar-refractivity contribution < 1.29 is 14.3 Å². The summed E-state index contributed by atoms with van der Waals surface area (Å²) in [7, 11) is 0. The number of ether oxygens (including phenoxy) is 2. The summed E-state index contributed by atoms with van der Waals surface area (Å²) in [4.78, 5) is 14.4. The standard InChI is InChI=1S/C18H25NO3/c1-3-13-22-17-11-6-5-9-15(17)14-19-12-8-7-10-16(19)18(20)21-4-2/h3,5-6,9,11,16H,1,4,7-8,10,12-14H2,2H3. The van der Waals surface area contributed by atoms with E-state index in [0.29, 0.717) is 19.8 Å². The lowest BCUT2D eigenvalue weighted by Gasteiger charge is -2.34. The van der Waals surface area contributed by atoms with Crippen LogP contribution in [0.2, 0.25) is 0 Å². The van der Waals surface area contributed by atoms with Crippen LogP contribution >= 0.6 is 0 Å². The largest absolute Gasteiger partial charge is 0.489 e. The number of para-hydroxylation sites is 1. The summed E-state index contributed by atoms with van der Waals surface area (Å²) in [6.45, 7) is 8.07. The maximum Gasteiger partial charge on any atom is 0.323 e. The number of hydrogen-bond donors (Lipinski definition) is 0. The Morgan fingerprint density at radius 3 is 3.00 bits per heavy atom. The van der Waals surface area contributed by atoms with Crippen LogP contribution in [0.1, 0.15) is 31.7 Å². The van der Waals surface area contributed by atoms with Gasteiger partial charge in [-0.25, -0.2) is 0 Å². The third-order valence-electron chi connectivity index (χ3n) is 3.88. The number of nitrogens with zero attached hydrogens (tertiary/aromatic N) is 1. The molecule has 4 nitrogen and oxygen atoms in total. The number of carbonyl (C=O) groups is 1. The monoisotopic (exact) mass is 303 g/mol. The zero-order valence-corrected chi connectivity index (χ0v) is 13.3. The molecule has 1 aliphatic rings. The Balaban J connectivity index is 2.09. The summed E-state index contributed by atoms with van der Waals surface area (Å²) in [6.07, 6.45) is 4.80. The molecule has 0 amide bonds. The van der Waals surface area contributed by atoms with E-state index in [9.17, 15) is 4.79 Å². The van der Waals surface area contributed by atoms with E-state index in [1.54, 1.807) is 6.08 Å². The maximum atomic E-state index is 12.1. The number of benzene rings is 1. The first-order valence-electron chi connectivity index (χ1n) is 7.98. The lowest BCUT2D eigenvalue weighted by molar-refractivity contribution is -0.151. The zero-order valence-electron chi connectivity index (χ0n) is 13.3. The second kappa shape index (κ2) is 8.59. The quantitative estimate of drug-likeness (QED) is 0.573. The van der Waals surface area contributed by atoms with Gasteiger partial charge in [-0.3, -0.25) is 9.69 Å². The normalized spacial score (nSPS) is 18.7. The molecule has 0 aromatic heterocycles. The molecule has 0 spiro atoms. The molecule has 4 heteroatoms. The first-order valence-corrected chi connectivity index (χ1v) is 7.98. The molecule has 1 atom stereocenters. The fourth-order valence-electron chi connectivity index (χ4n) is 2.83. The van der Waals surface area contributed by atoms with Gasteiger partial charge in [0.15, 0.2) is 0 Å². The SMILES string of the molecule is C=CCOc1ccccc1CN1CCCCC1C(=O)OCC. The lowest BCUT2D eigenvalue weighted by Crippen LogP contribution is -2.45. The van der Waals surface area contributed by atoms with E-state index in [1.807, 2.05) is 25.1 Å². The van der Waals surface area contributed by atoms with E-state index >= 15 is 0 Å². The van der Waals surface area contributed by atoms with Crippen molar-refractivity contribution in [3.8, 4) is 5.75 Å². The minimum atomic E-state index is -0.138. The van der Waals surface area contributed by atoms with E-state index < -0.39 is 0 Å². The van der Waals surface area contributed by atoms with E-state index in [0.717, 1.165) is 37.1 Å². The van der Waals surface area contributed by atoms with Crippen LogP contribution in [0, 0.1) is 0 Å². The van der Waals surface area contributed by atoms with Crippen LogP contribution in [-0.4, -0.2) is 36.7 Å². The lowest BCUT2D eigenvalue weighted by atomic mass is 10.0. The fraction of sp³-hybridized carbons (Fsp3) is 0.500. The zero-order chi connectivity index (χ0) is 15.8. The number of likely N-dealkylation sites (tertiary alicyclic amines) is 1. The van der Waals surface area contributed by atoms with Crippen LogP contribution in [-0.2, 0) is 16.1 Å². The van der Waals surface area contributed by atoms with Crippen molar-refractivity contribution in [3.05, 3.63) is 42.5 Å². The highest BCUT2D eigenvalue weighted by molar-refractivity contribution is 5.75. The Labute approximate surface area is 132 Å². The van der Waals surface area contributed by atoms with Crippen molar-refractivity contribution >= 4 is 5.97 Å². The van der Waals surface area contributed by atoms with Gasteiger partial charge in [0.2, 0.25) is 0 Å². The molecule has 0 aliphatic carbocycles. The minimum absolute atomic E-state index is 0.105. The molecule has 1 aromatic carbocycles. The number of piperidine rings is 1. The van der Waals surface area contributed by atoms with Gasteiger partial charge in [0, 0.05) is 12.1 Å². The molecule has 0 saturated carbocycles. The van der Waals surface area contributed by atoms with Gasteiger partial charge in [-0.1, -0.05) is 37.3 Å². The average molecular weight is 303 g/mol. The van der Waals surface area contributed by atoms with Crippen molar-refractivity contribution in [1.29, 1.82) is 0 Å². The third kappa shape index (κ3) is 4.34. The summed E-state index contributed by atoms with van der Waals surface area (Å²) >= 11 is 0. The molecule has 2 rings (SSSR count). The number of hydrogen-bond acceptors (Lipinski definition) is 4. The van der Waals surface area contributed by atoms with Gasteiger partial charge in [-0.2, -0.15) is 0 Å². The fourth-order valence-corrected chi connectivity index (χ4v) is 2.83. The van der Waals surface area contributed by atoms with Crippen molar-refractivity contribution in [1.82, 2.24) is 4.90 Å². The Hall–Kier alpha value is -1.81. The number of carbonyl (C=O) groups excluding carboxylic acids is 1. The topological polar surface area (TPSA) is 38.8 Å². The maximum absolute atomic E-state index is 12.1. The Kier molecular flexibility index (Phi) is 6.46. The van der Waals surface area contributed by atoms with E-state index in [-0.39, 0.29) is 12.0 Å². The molecule has 1 fully saturated rings. The van der Waals surface area contributed by atoms with Crippen LogP contribution in [0.25, 0.3) is 0 Å². The van der Waals surface area contributed by atoms with Crippen molar-refractivity contribution in [2.45, 2.75) is 38.8 Å². The van der Waals surface area contributed by atoms with Crippen LogP contribution in [0.5, 0.6) is 5.75 Å². The molecular weight excluding hydrogens is 278 g/mol. The molecule has 1 heterocycles. The van der Waals surface area contributed by atoms with Crippen molar-refractivity contribution in [3.63, 3.8) is 0 Å². The summed E-state index contributed by atoms with van der Waals surface area (Å²) < 4.78 is 10.9. The molecule has 22 heavy (non-hydrogen) atoms. The second-order valence-corrected chi connectivity index (χ2v) is 5.44. The van der Waals surface area contributed by atoms with E-state index in [4.69, 9.17) is 9.47 Å². The third-order valence-corrected chi connectivity index (χ3v) is 3.88. The number of rotatable bonds is 7. The van der Waals surface area contributed by atoms with Gasteiger partial charge >= 0.3 is 5.97 Å². The van der Waals surface area contributed by atoms with E-state index in [2.05, 4.69) is 17.5 Å². The molecule has 1 unspecified atom stereocenters. The highest BCUT2D eigenvalue weighted by Gasteiger charge is 2.30. The van der Waals surface area contributed by atoms with Gasteiger partial charge in [0.1, 0.15) is 18.4 Å². The summed E-state index contributed by atoms with van der Waals surface area (Å²) in [5.74, 6) is 0.752. The van der Waals surface area contributed by atoms with Gasteiger partial charge in [0.05, 0.1) is 6.61 Å². The molecule has 1 aliphatic heterocycles. The summed E-state index contributed by atoms with van der Waals surface area (Å²) in [6, 6.07) is 7.83. The number of esters is 1. The molecule has 0 bridgehead atoms. The Morgan fingerprint density at radius 2 is 2.23 bits per heavy atom. The average Bonchev–Trinajstić information content (AvgIpc) is 2.55. The molecule has 0 radical (unpaired) electrons. The van der Waals surface area contributed by atoms with Crippen LogP contribution in [0.4, 0.5) is 0 Å². The molecular formula is C18H25NO3. The van der Waals surface area contributed by atoms with Crippen LogP contribution in [0.3, 0.4) is 0 Å². The molecule has 0 N–H and O–H groups in total. The van der Waals surface area contributed by atoms with Gasteiger partial charge in [0.25, 0.3) is 0 Å². The van der Waals surface area contributed by atoms with Gasteiger partial charge in [-0.15, -0.1) is 0 Å². The van der Waals surface area contributed by atoms with E-state index in [1.165, 1.54) is 0 Å². The predicted molar refractivity (Wildman–Crippen MR) is 86.8 cm³/mol. The molecule has 120 valence electrons. The summed E-state index contributed by atoms with van der Waals surface area (Å²) in [5, 5.41) is 0. The first kappa shape index (κ1) is 16.6. The molecule has 1 aromatic rings. The highest BCUT2D eigenvalue weighted by Crippen LogP contribution is 2.25.